The highest BCUT2D eigenvalue weighted by atomic mass is 16.1. The van der Waals surface area contributed by atoms with Crippen LogP contribution in [-0.2, 0) is 4.79 Å². The summed E-state index contributed by atoms with van der Waals surface area (Å²) < 4.78 is 0. The van der Waals surface area contributed by atoms with Gasteiger partial charge in [0, 0.05) is 6.42 Å². The van der Waals surface area contributed by atoms with Crippen molar-refractivity contribution >= 4 is 5.78 Å². The third kappa shape index (κ3) is 1.31. The largest absolute Gasteiger partial charge is 0.298 e. The number of nitrogens with zero attached hydrogens (tertiary/aromatic N) is 1. The van der Waals surface area contributed by atoms with Gasteiger partial charge in [-0.25, -0.2) is 0 Å². The molecule has 0 aromatic carbocycles. The molecule has 0 radical (unpaired) electrons. The lowest BCUT2D eigenvalue weighted by Gasteiger charge is -2.22. The molecule has 2 heteroatoms. The van der Waals surface area contributed by atoms with E-state index in [0.717, 1.165) is 6.42 Å². The lowest BCUT2D eigenvalue weighted by atomic mass is 9.76. The topological polar surface area (TPSA) is 40.9 Å². The van der Waals surface area contributed by atoms with Crippen molar-refractivity contribution in [2.24, 2.45) is 5.41 Å². The number of rotatable bonds is 2. The second-order valence-electron chi connectivity index (χ2n) is 2.94. The van der Waals surface area contributed by atoms with Gasteiger partial charge in [0.1, 0.15) is 5.41 Å². The summed E-state index contributed by atoms with van der Waals surface area (Å²) in [4.78, 5) is 11.4. The third-order valence-corrected chi connectivity index (χ3v) is 2.10. The molecule has 2 nitrogen and oxygen atoms in total. The Bertz CT molecular complexity index is 272. The van der Waals surface area contributed by atoms with Crippen LogP contribution in [0, 0.1) is 16.7 Å². The van der Waals surface area contributed by atoms with Crippen molar-refractivity contribution in [1.29, 1.82) is 5.26 Å². The van der Waals surface area contributed by atoms with Gasteiger partial charge in [0.15, 0.2) is 5.78 Å². The first-order valence-corrected chi connectivity index (χ1v) is 3.98. The third-order valence-electron chi connectivity index (χ3n) is 2.10. The molecule has 62 valence electrons. The van der Waals surface area contributed by atoms with Gasteiger partial charge >= 0.3 is 0 Å². The molecule has 0 bridgehead atoms. The molecule has 0 fully saturated rings. The average molecular weight is 161 g/mol. The van der Waals surface area contributed by atoms with Crippen molar-refractivity contribution in [2.45, 2.75) is 19.3 Å². The fourth-order valence-electron chi connectivity index (χ4n) is 1.37. The van der Waals surface area contributed by atoms with Crippen LogP contribution in [0.25, 0.3) is 0 Å². The molecule has 1 unspecified atom stereocenters. The number of carbonyl (C=O) groups excluding carboxylic acids is 1. The van der Waals surface area contributed by atoms with Crippen LogP contribution < -0.4 is 0 Å². The second kappa shape index (κ2) is 3.36. The van der Waals surface area contributed by atoms with Gasteiger partial charge < -0.3 is 0 Å². The Morgan fingerprint density at radius 1 is 1.83 bits per heavy atom. The van der Waals surface area contributed by atoms with Gasteiger partial charge in [-0.3, -0.25) is 4.79 Å². The predicted molar refractivity (Wildman–Crippen MR) is 46.2 cm³/mol. The lowest BCUT2D eigenvalue weighted by Crippen LogP contribution is -2.28. The number of hydrogen-bond acceptors (Lipinski definition) is 2. The van der Waals surface area contributed by atoms with Crippen LogP contribution in [-0.4, -0.2) is 5.78 Å². The van der Waals surface area contributed by atoms with Gasteiger partial charge in [0.05, 0.1) is 6.07 Å². The first-order valence-electron chi connectivity index (χ1n) is 3.98. The maximum Gasteiger partial charge on any atom is 0.157 e. The summed E-state index contributed by atoms with van der Waals surface area (Å²) in [5, 5.41) is 8.87. The quantitative estimate of drug-likeness (QED) is 0.581. The SMILES string of the molecule is C=CCC1(C#N)C=CCCC1=O. The van der Waals surface area contributed by atoms with Crippen molar-refractivity contribution in [3.05, 3.63) is 24.8 Å². The summed E-state index contributed by atoms with van der Waals surface area (Å²) >= 11 is 0. The normalized spacial score (nSPS) is 28.1. The van der Waals surface area contributed by atoms with Crippen LogP contribution in [0.2, 0.25) is 0 Å². The van der Waals surface area contributed by atoms with Crippen molar-refractivity contribution in [3.8, 4) is 6.07 Å². The molecule has 0 spiro atoms. The molecule has 0 aromatic rings. The molecule has 0 N–H and O–H groups in total. The van der Waals surface area contributed by atoms with Crippen LogP contribution in [0.5, 0.6) is 0 Å². The number of allylic oxidation sites excluding steroid dienone is 3. The fourth-order valence-corrected chi connectivity index (χ4v) is 1.37. The molecular weight excluding hydrogens is 150 g/mol. The van der Waals surface area contributed by atoms with E-state index in [-0.39, 0.29) is 5.78 Å². The van der Waals surface area contributed by atoms with Gasteiger partial charge in [-0.2, -0.15) is 5.26 Å². The van der Waals surface area contributed by atoms with Crippen LogP contribution in [0.3, 0.4) is 0 Å². The van der Waals surface area contributed by atoms with Crippen LogP contribution in [0.4, 0.5) is 0 Å². The molecule has 0 heterocycles. The Morgan fingerprint density at radius 3 is 3.08 bits per heavy atom. The van der Waals surface area contributed by atoms with E-state index in [4.69, 9.17) is 5.26 Å². The zero-order chi connectivity index (χ0) is 9.03. The van der Waals surface area contributed by atoms with Crippen LogP contribution in [0.1, 0.15) is 19.3 Å². The molecule has 1 aliphatic rings. The molecule has 1 aliphatic carbocycles. The predicted octanol–water partition coefficient (Wildman–Crippen LogP) is 1.99. The molecule has 0 saturated carbocycles. The minimum atomic E-state index is -0.903. The number of nitriles is 1. The standard InChI is InChI=1S/C10H11NO/c1-2-6-10(8-11)7-4-3-5-9(10)12/h2,4,7H,1,3,5-6H2. The Balaban J connectivity index is 2.97. The zero-order valence-corrected chi connectivity index (χ0v) is 6.92. The molecule has 0 aliphatic heterocycles. The number of Topliss-reactive ketones (excluding diaryl/α,β-unsaturated/α-hetero) is 1. The molecule has 12 heavy (non-hydrogen) atoms. The maximum atomic E-state index is 11.4. The van der Waals surface area contributed by atoms with E-state index in [9.17, 15) is 4.79 Å². The zero-order valence-electron chi connectivity index (χ0n) is 6.92. The summed E-state index contributed by atoms with van der Waals surface area (Å²) in [5.74, 6) is 0.0207. The maximum absolute atomic E-state index is 11.4. The lowest BCUT2D eigenvalue weighted by molar-refractivity contribution is -0.124. The number of ketones is 1. The van der Waals surface area contributed by atoms with Gasteiger partial charge in [-0.15, -0.1) is 6.58 Å². The summed E-state index contributed by atoms with van der Waals surface area (Å²) in [6.07, 6.45) is 6.90. The Kier molecular flexibility index (Phi) is 2.44. The highest BCUT2D eigenvalue weighted by molar-refractivity contribution is 5.90. The molecule has 0 amide bonds. The van der Waals surface area contributed by atoms with Gasteiger partial charge in [0.25, 0.3) is 0 Å². The van der Waals surface area contributed by atoms with E-state index >= 15 is 0 Å². The van der Waals surface area contributed by atoms with E-state index in [1.54, 1.807) is 12.2 Å². The molecule has 1 atom stereocenters. The smallest absolute Gasteiger partial charge is 0.157 e. The Morgan fingerprint density at radius 2 is 2.58 bits per heavy atom. The summed E-state index contributed by atoms with van der Waals surface area (Å²) in [6.45, 7) is 3.54. The van der Waals surface area contributed by atoms with E-state index < -0.39 is 5.41 Å². The average Bonchev–Trinajstić information content (AvgIpc) is 2.10. The van der Waals surface area contributed by atoms with Gasteiger partial charge in [-0.1, -0.05) is 18.2 Å². The second-order valence-corrected chi connectivity index (χ2v) is 2.94. The minimum absolute atomic E-state index is 0.0207. The van der Waals surface area contributed by atoms with E-state index in [2.05, 4.69) is 12.6 Å². The van der Waals surface area contributed by atoms with Gasteiger partial charge in [-0.05, 0) is 12.8 Å². The van der Waals surface area contributed by atoms with Gasteiger partial charge in [0.2, 0.25) is 0 Å². The number of carbonyl (C=O) groups is 1. The molecule has 0 aromatic heterocycles. The summed E-state index contributed by atoms with van der Waals surface area (Å²) in [7, 11) is 0. The molecule has 0 saturated heterocycles. The highest BCUT2D eigenvalue weighted by Gasteiger charge is 2.35. The number of hydrogen-bond donors (Lipinski definition) is 0. The molecule has 1 rings (SSSR count). The van der Waals surface area contributed by atoms with E-state index in [1.165, 1.54) is 0 Å². The molecular formula is C10H11NO. The van der Waals surface area contributed by atoms with Crippen molar-refractivity contribution in [3.63, 3.8) is 0 Å². The first kappa shape index (κ1) is 8.73. The Labute approximate surface area is 72.2 Å². The minimum Gasteiger partial charge on any atom is -0.298 e. The monoisotopic (exact) mass is 161 g/mol. The van der Waals surface area contributed by atoms with E-state index in [0.29, 0.717) is 12.8 Å². The summed E-state index contributed by atoms with van der Waals surface area (Å²) in [6, 6.07) is 2.06. The van der Waals surface area contributed by atoms with Crippen molar-refractivity contribution in [2.75, 3.05) is 0 Å². The van der Waals surface area contributed by atoms with Crippen molar-refractivity contribution in [1.82, 2.24) is 0 Å². The first-order chi connectivity index (χ1) is 5.75. The van der Waals surface area contributed by atoms with Crippen LogP contribution >= 0.6 is 0 Å². The fraction of sp³-hybridized carbons (Fsp3) is 0.400. The highest BCUT2D eigenvalue weighted by Crippen LogP contribution is 2.30. The summed E-state index contributed by atoms with van der Waals surface area (Å²) in [5.41, 5.74) is -0.903. The van der Waals surface area contributed by atoms with Crippen molar-refractivity contribution < 1.29 is 4.79 Å². The van der Waals surface area contributed by atoms with E-state index in [1.807, 2.05) is 6.08 Å². The van der Waals surface area contributed by atoms with Crippen LogP contribution in [0.15, 0.2) is 24.8 Å². The Hall–Kier alpha value is -1.36.